The highest BCUT2D eigenvalue weighted by Crippen LogP contribution is 2.28. The smallest absolute Gasteiger partial charge is 0.315 e. The standard InChI is InChI=1S/C25H33F2N3O3S.C2H2.CH4/c1-3-7-28-25(32)30-22(11-17-8-19(26)12-20(27)9-17)24(31)13-29-23-15-34(33)14-18-6-5-16(4-2)10-21(18)23;1-2;/h5-6,8-10,12,22-24,29,31H,3-4,7,11,13-15H2,1-2H3,(H2,28,30,32);1-2H;1H4/t22-,23-,24+,34?;;/m0../s1. The first-order valence-electron chi connectivity index (χ1n) is 12.0. The third kappa shape index (κ3) is 9.88. The second kappa shape index (κ2) is 16.1. The Morgan fingerprint density at radius 1 is 1.14 bits per heavy atom. The zero-order valence-electron chi connectivity index (χ0n) is 20.7. The van der Waals surface area contributed by atoms with Crippen LogP contribution in [0, 0.1) is 24.5 Å². The van der Waals surface area contributed by atoms with Gasteiger partial charge < -0.3 is 21.1 Å². The summed E-state index contributed by atoms with van der Waals surface area (Å²) < 4.78 is 39.8. The minimum atomic E-state index is -1.05. The average molecular weight is 536 g/mol. The Bertz CT molecular complexity index is 1040. The number of aryl methyl sites for hydroxylation is 1. The fourth-order valence-electron chi connectivity index (χ4n) is 4.13. The van der Waals surface area contributed by atoms with E-state index in [2.05, 4.69) is 41.8 Å². The molecule has 6 nitrogen and oxygen atoms in total. The molecule has 2 aromatic carbocycles. The predicted octanol–water partition coefficient (Wildman–Crippen LogP) is 3.99. The highest BCUT2D eigenvalue weighted by Gasteiger charge is 2.27. The second-order valence-electron chi connectivity index (χ2n) is 8.65. The Labute approximate surface area is 222 Å². The third-order valence-corrected chi connectivity index (χ3v) is 7.27. The highest BCUT2D eigenvalue weighted by atomic mass is 32.2. The van der Waals surface area contributed by atoms with Crippen molar-refractivity contribution in [3.8, 4) is 12.8 Å². The van der Waals surface area contributed by atoms with E-state index in [0.29, 0.717) is 23.6 Å². The van der Waals surface area contributed by atoms with E-state index in [1.807, 2.05) is 19.1 Å². The molecule has 204 valence electrons. The minimum Gasteiger partial charge on any atom is -0.390 e. The summed E-state index contributed by atoms with van der Waals surface area (Å²) >= 11 is 0. The van der Waals surface area contributed by atoms with Crippen LogP contribution in [0.3, 0.4) is 0 Å². The molecule has 0 saturated heterocycles. The first-order chi connectivity index (χ1) is 17.3. The third-order valence-electron chi connectivity index (χ3n) is 5.93. The fraction of sp³-hybridized carbons (Fsp3) is 0.464. The van der Waals surface area contributed by atoms with Crippen LogP contribution in [0.25, 0.3) is 0 Å². The minimum absolute atomic E-state index is 0. The summed E-state index contributed by atoms with van der Waals surface area (Å²) in [6, 6.07) is 7.87. The lowest BCUT2D eigenvalue weighted by atomic mass is 9.97. The van der Waals surface area contributed by atoms with Crippen molar-refractivity contribution in [1.82, 2.24) is 16.0 Å². The molecule has 1 aliphatic heterocycles. The molecule has 0 saturated carbocycles. The van der Waals surface area contributed by atoms with Gasteiger partial charge in [-0.3, -0.25) is 4.21 Å². The number of urea groups is 1. The van der Waals surface area contributed by atoms with E-state index in [0.717, 1.165) is 30.0 Å². The molecular formula is C28H39F2N3O3S. The van der Waals surface area contributed by atoms with E-state index in [9.17, 15) is 22.9 Å². The summed E-state index contributed by atoms with van der Waals surface area (Å²) in [5.41, 5.74) is 3.61. The SMILES string of the molecule is C.C#C.CCCNC(=O)N[C@@H](Cc1cc(F)cc(F)c1)[C@H](O)CN[C@H]1CS(=O)Cc2ccc(CC)cc21. The van der Waals surface area contributed by atoms with Gasteiger partial charge in [-0.05, 0) is 53.6 Å². The van der Waals surface area contributed by atoms with Crippen molar-refractivity contribution >= 4 is 16.8 Å². The first-order valence-corrected chi connectivity index (χ1v) is 13.5. The van der Waals surface area contributed by atoms with Crippen molar-refractivity contribution in [2.75, 3.05) is 18.8 Å². The summed E-state index contributed by atoms with van der Waals surface area (Å²) in [6.07, 6.45) is 8.63. The molecule has 1 unspecified atom stereocenters. The topological polar surface area (TPSA) is 90.5 Å². The van der Waals surface area contributed by atoms with Gasteiger partial charge in [0.1, 0.15) is 11.6 Å². The molecule has 0 radical (unpaired) electrons. The van der Waals surface area contributed by atoms with Gasteiger partial charge in [-0.1, -0.05) is 39.5 Å². The molecule has 37 heavy (non-hydrogen) atoms. The number of hydrogen-bond donors (Lipinski definition) is 4. The quantitative estimate of drug-likeness (QED) is 0.347. The van der Waals surface area contributed by atoms with Gasteiger partial charge >= 0.3 is 6.03 Å². The second-order valence-corrected chi connectivity index (χ2v) is 10.2. The van der Waals surface area contributed by atoms with E-state index in [1.165, 1.54) is 17.7 Å². The maximum Gasteiger partial charge on any atom is 0.315 e. The fourth-order valence-corrected chi connectivity index (χ4v) is 5.52. The molecule has 4 atom stereocenters. The summed E-state index contributed by atoms with van der Waals surface area (Å²) in [5.74, 6) is -0.501. The first kappa shape index (κ1) is 32.2. The number of carbonyl (C=O) groups excluding carboxylic acids is 1. The zero-order valence-corrected chi connectivity index (χ0v) is 21.5. The van der Waals surface area contributed by atoms with E-state index in [-0.39, 0.29) is 26.4 Å². The molecule has 1 heterocycles. The van der Waals surface area contributed by atoms with Crippen molar-refractivity contribution in [3.63, 3.8) is 0 Å². The summed E-state index contributed by atoms with van der Waals surface area (Å²) in [7, 11) is -1.02. The number of carbonyl (C=O) groups is 1. The number of hydrogen-bond acceptors (Lipinski definition) is 4. The predicted molar refractivity (Wildman–Crippen MR) is 147 cm³/mol. The molecule has 4 N–H and O–H groups in total. The molecule has 0 spiro atoms. The molecule has 0 fully saturated rings. The van der Waals surface area contributed by atoms with Crippen LogP contribution in [0.15, 0.2) is 36.4 Å². The van der Waals surface area contributed by atoms with Gasteiger partial charge in [-0.2, -0.15) is 0 Å². The maximum atomic E-state index is 13.7. The Kier molecular flexibility index (Phi) is 14.0. The molecule has 0 aromatic heterocycles. The Morgan fingerprint density at radius 3 is 2.43 bits per heavy atom. The summed E-state index contributed by atoms with van der Waals surface area (Å²) in [6.45, 7) is 4.56. The maximum absolute atomic E-state index is 13.7. The van der Waals surface area contributed by atoms with Crippen LogP contribution in [-0.2, 0) is 29.4 Å². The van der Waals surface area contributed by atoms with Gasteiger partial charge in [0.25, 0.3) is 0 Å². The number of fused-ring (bicyclic) bond motifs is 1. The molecular weight excluding hydrogens is 496 g/mol. The molecule has 1 aliphatic rings. The lowest BCUT2D eigenvalue weighted by Gasteiger charge is -2.30. The van der Waals surface area contributed by atoms with Crippen LogP contribution < -0.4 is 16.0 Å². The van der Waals surface area contributed by atoms with Crippen LogP contribution >= 0.6 is 0 Å². The molecule has 9 heteroatoms. The van der Waals surface area contributed by atoms with E-state index < -0.39 is 40.6 Å². The van der Waals surface area contributed by atoms with Gasteiger partial charge in [0.15, 0.2) is 0 Å². The number of rotatable bonds is 10. The monoisotopic (exact) mass is 535 g/mol. The molecule has 2 aromatic rings. The Morgan fingerprint density at radius 2 is 1.81 bits per heavy atom. The van der Waals surface area contributed by atoms with E-state index in [1.54, 1.807) is 0 Å². The van der Waals surface area contributed by atoms with Crippen LogP contribution in [-0.4, -0.2) is 46.3 Å². The van der Waals surface area contributed by atoms with Crippen LogP contribution in [0.2, 0.25) is 0 Å². The van der Waals surface area contributed by atoms with Crippen molar-refractivity contribution in [2.45, 2.75) is 64.5 Å². The van der Waals surface area contributed by atoms with Crippen LogP contribution in [0.5, 0.6) is 0 Å². The van der Waals surface area contributed by atoms with Crippen molar-refractivity contribution in [3.05, 3.63) is 70.3 Å². The van der Waals surface area contributed by atoms with Gasteiger partial charge in [0.2, 0.25) is 0 Å². The van der Waals surface area contributed by atoms with Gasteiger partial charge in [0, 0.05) is 47.5 Å². The number of halogens is 2. The van der Waals surface area contributed by atoms with Crippen molar-refractivity contribution in [2.24, 2.45) is 0 Å². The van der Waals surface area contributed by atoms with Crippen LogP contribution in [0.1, 0.15) is 56.0 Å². The summed E-state index contributed by atoms with van der Waals surface area (Å²) in [4.78, 5) is 12.3. The molecule has 0 aliphatic carbocycles. The number of amides is 2. The number of nitrogens with one attached hydrogen (secondary N) is 3. The van der Waals surface area contributed by atoms with Gasteiger partial charge in [-0.25, -0.2) is 13.6 Å². The van der Waals surface area contributed by atoms with E-state index >= 15 is 0 Å². The number of aliphatic hydroxyl groups excluding tert-OH is 1. The summed E-state index contributed by atoms with van der Waals surface area (Å²) in [5, 5.41) is 19.7. The lowest BCUT2D eigenvalue weighted by Crippen LogP contribution is -2.52. The molecule has 3 rings (SSSR count). The largest absolute Gasteiger partial charge is 0.390 e. The normalized spacial score (nSPS) is 17.7. The number of benzene rings is 2. The highest BCUT2D eigenvalue weighted by molar-refractivity contribution is 7.84. The van der Waals surface area contributed by atoms with Crippen LogP contribution in [0.4, 0.5) is 13.6 Å². The Balaban J connectivity index is 0.00000223. The number of aliphatic hydroxyl groups is 1. The van der Waals surface area contributed by atoms with E-state index in [4.69, 9.17) is 0 Å². The van der Waals surface area contributed by atoms with Gasteiger partial charge in [0.05, 0.1) is 12.1 Å². The lowest BCUT2D eigenvalue weighted by molar-refractivity contribution is 0.124. The zero-order chi connectivity index (χ0) is 26.7. The van der Waals surface area contributed by atoms with Gasteiger partial charge in [-0.15, -0.1) is 12.8 Å². The molecule has 0 bridgehead atoms. The molecule has 2 amide bonds. The average Bonchev–Trinajstić information content (AvgIpc) is 2.85. The van der Waals surface area contributed by atoms with Crippen molar-refractivity contribution in [1.29, 1.82) is 0 Å². The van der Waals surface area contributed by atoms with Crippen molar-refractivity contribution < 1.29 is 22.9 Å². The number of terminal acetylenes is 1. The Hall–Kier alpha value is -2.80.